The molecule has 2 aromatic heterocycles. The molecule has 25 heavy (non-hydrogen) atoms. The van der Waals surface area contributed by atoms with Crippen molar-refractivity contribution in [2.24, 2.45) is 0 Å². The third kappa shape index (κ3) is 4.64. The second-order valence-corrected chi connectivity index (χ2v) is 5.78. The highest BCUT2D eigenvalue weighted by Gasteiger charge is 2.12. The Morgan fingerprint density at radius 3 is 2.56 bits per heavy atom. The monoisotopic (exact) mass is 332 g/mol. The number of nitrogens with one attached hydrogen (secondary N) is 2. The van der Waals surface area contributed by atoms with Crippen LogP contribution in [0.25, 0.3) is 0 Å². The molecule has 1 aromatic carbocycles. The minimum Gasteiger partial charge on any atom is -0.380 e. The van der Waals surface area contributed by atoms with Crippen LogP contribution in [0.15, 0.2) is 73.3 Å². The number of anilines is 1. The van der Waals surface area contributed by atoms with E-state index in [-0.39, 0.29) is 11.9 Å². The van der Waals surface area contributed by atoms with Crippen molar-refractivity contribution >= 4 is 11.6 Å². The van der Waals surface area contributed by atoms with Crippen LogP contribution in [0.1, 0.15) is 34.5 Å². The van der Waals surface area contributed by atoms with Crippen LogP contribution in [0.3, 0.4) is 0 Å². The summed E-state index contributed by atoms with van der Waals surface area (Å²) in [7, 11) is 0. The fourth-order valence-electron chi connectivity index (χ4n) is 2.47. The zero-order chi connectivity index (χ0) is 17.5. The first-order chi connectivity index (χ1) is 12.2. The van der Waals surface area contributed by atoms with Crippen LogP contribution in [-0.2, 0) is 6.54 Å². The molecule has 3 rings (SSSR count). The molecule has 1 amide bonds. The van der Waals surface area contributed by atoms with Crippen molar-refractivity contribution in [3.63, 3.8) is 0 Å². The van der Waals surface area contributed by atoms with Crippen molar-refractivity contribution < 1.29 is 4.79 Å². The van der Waals surface area contributed by atoms with Crippen LogP contribution in [-0.4, -0.2) is 15.9 Å². The molecular formula is C20H20N4O. The molecule has 5 heteroatoms. The molecule has 0 aliphatic heterocycles. The average Bonchev–Trinajstić information content (AvgIpc) is 2.68. The van der Waals surface area contributed by atoms with Gasteiger partial charge < -0.3 is 10.6 Å². The number of hydrogen-bond acceptors (Lipinski definition) is 4. The van der Waals surface area contributed by atoms with Crippen LogP contribution < -0.4 is 10.6 Å². The largest absolute Gasteiger partial charge is 0.380 e. The Kier molecular flexibility index (Phi) is 5.36. The molecule has 0 radical (unpaired) electrons. The molecule has 126 valence electrons. The van der Waals surface area contributed by atoms with Crippen LogP contribution in [0.2, 0.25) is 0 Å². The summed E-state index contributed by atoms with van der Waals surface area (Å²) in [6.07, 6.45) is 6.79. The Balaban J connectivity index is 1.63. The van der Waals surface area contributed by atoms with Gasteiger partial charge in [0.15, 0.2) is 0 Å². The third-order valence-corrected chi connectivity index (χ3v) is 3.89. The number of amides is 1. The second-order valence-electron chi connectivity index (χ2n) is 5.78. The third-order valence-electron chi connectivity index (χ3n) is 3.89. The van der Waals surface area contributed by atoms with Gasteiger partial charge in [0.1, 0.15) is 0 Å². The van der Waals surface area contributed by atoms with Crippen LogP contribution >= 0.6 is 0 Å². The summed E-state index contributed by atoms with van der Waals surface area (Å²) < 4.78 is 0. The van der Waals surface area contributed by atoms with E-state index in [0.717, 1.165) is 16.8 Å². The van der Waals surface area contributed by atoms with Crippen molar-refractivity contribution in [2.45, 2.75) is 19.5 Å². The van der Waals surface area contributed by atoms with Crippen molar-refractivity contribution in [1.29, 1.82) is 0 Å². The fourth-order valence-corrected chi connectivity index (χ4v) is 2.47. The highest BCUT2D eigenvalue weighted by Crippen LogP contribution is 2.14. The standard InChI is InChI=1S/C20H20N4O/c1-15(17-5-3-2-4-6-17)24-20(25)18-11-19(14-22-13-18)23-12-16-7-9-21-10-8-16/h2-11,13-15,23H,12H2,1H3,(H,24,25). The summed E-state index contributed by atoms with van der Waals surface area (Å²) in [6.45, 7) is 2.61. The van der Waals surface area contributed by atoms with Gasteiger partial charge >= 0.3 is 0 Å². The Labute approximate surface area is 147 Å². The predicted octanol–water partition coefficient (Wildman–Crippen LogP) is 3.58. The maximum atomic E-state index is 12.5. The van der Waals surface area contributed by atoms with Crippen LogP contribution in [0.4, 0.5) is 5.69 Å². The first-order valence-corrected chi connectivity index (χ1v) is 8.16. The number of carbonyl (C=O) groups excluding carboxylic acids is 1. The first kappa shape index (κ1) is 16.6. The smallest absolute Gasteiger partial charge is 0.253 e. The summed E-state index contributed by atoms with van der Waals surface area (Å²) in [5.74, 6) is -0.142. The number of carbonyl (C=O) groups is 1. The molecule has 1 atom stereocenters. The zero-order valence-electron chi connectivity index (χ0n) is 14.0. The molecule has 0 fully saturated rings. The molecule has 0 saturated carbocycles. The van der Waals surface area contributed by atoms with E-state index in [1.54, 1.807) is 30.9 Å². The minimum absolute atomic E-state index is 0.0675. The van der Waals surface area contributed by atoms with E-state index in [0.29, 0.717) is 12.1 Å². The fraction of sp³-hybridized carbons (Fsp3) is 0.150. The van der Waals surface area contributed by atoms with Gasteiger partial charge in [-0.1, -0.05) is 30.3 Å². The average molecular weight is 332 g/mol. The van der Waals surface area contributed by atoms with E-state index in [4.69, 9.17) is 0 Å². The lowest BCUT2D eigenvalue weighted by Gasteiger charge is -2.14. The number of aromatic nitrogens is 2. The molecule has 0 aliphatic rings. The van der Waals surface area contributed by atoms with E-state index in [2.05, 4.69) is 20.6 Å². The van der Waals surface area contributed by atoms with Gasteiger partial charge in [0.2, 0.25) is 0 Å². The number of rotatable bonds is 6. The molecule has 3 aromatic rings. The Morgan fingerprint density at radius 1 is 1.04 bits per heavy atom. The van der Waals surface area contributed by atoms with E-state index in [1.807, 2.05) is 49.4 Å². The summed E-state index contributed by atoms with van der Waals surface area (Å²) in [5.41, 5.74) is 3.51. The number of benzene rings is 1. The van der Waals surface area contributed by atoms with Crippen LogP contribution in [0.5, 0.6) is 0 Å². The summed E-state index contributed by atoms with van der Waals surface area (Å²) >= 11 is 0. The lowest BCUT2D eigenvalue weighted by atomic mass is 10.1. The number of nitrogens with zero attached hydrogens (tertiary/aromatic N) is 2. The Hall–Kier alpha value is -3.21. The first-order valence-electron chi connectivity index (χ1n) is 8.16. The predicted molar refractivity (Wildman–Crippen MR) is 98.1 cm³/mol. The van der Waals surface area contributed by atoms with Gasteiger partial charge in [0, 0.05) is 31.3 Å². The molecule has 2 heterocycles. The molecule has 2 N–H and O–H groups in total. The SMILES string of the molecule is CC(NC(=O)c1cncc(NCc2ccncc2)c1)c1ccccc1. The van der Waals surface area contributed by atoms with Gasteiger partial charge in [0.05, 0.1) is 17.3 Å². The maximum absolute atomic E-state index is 12.5. The molecule has 0 spiro atoms. The Morgan fingerprint density at radius 2 is 1.80 bits per heavy atom. The van der Waals surface area contributed by atoms with Gasteiger partial charge in [0.25, 0.3) is 5.91 Å². The van der Waals surface area contributed by atoms with Gasteiger partial charge in [-0.05, 0) is 36.2 Å². The molecule has 1 unspecified atom stereocenters. The van der Waals surface area contributed by atoms with Crippen molar-refractivity contribution in [3.05, 3.63) is 90.0 Å². The second kappa shape index (κ2) is 8.06. The van der Waals surface area contributed by atoms with Gasteiger partial charge in [-0.15, -0.1) is 0 Å². The van der Waals surface area contributed by atoms with E-state index in [1.165, 1.54) is 0 Å². The van der Waals surface area contributed by atoms with Crippen LogP contribution in [0, 0.1) is 0 Å². The van der Waals surface area contributed by atoms with E-state index < -0.39 is 0 Å². The van der Waals surface area contributed by atoms with E-state index >= 15 is 0 Å². The van der Waals surface area contributed by atoms with Crippen molar-refractivity contribution in [3.8, 4) is 0 Å². The molecule has 0 bridgehead atoms. The number of hydrogen-bond donors (Lipinski definition) is 2. The summed E-state index contributed by atoms with van der Waals surface area (Å²) in [6, 6.07) is 15.5. The molecular weight excluding hydrogens is 312 g/mol. The number of pyridine rings is 2. The quantitative estimate of drug-likeness (QED) is 0.724. The zero-order valence-corrected chi connectivity index (χ0v) is 14.0. The molecule has 0 aliphatic carbocycles. The lowest BCUT2D eigenvalue weighted by Crippen LogP contribution is -2.26. The van der Waals surface area contributed by atoms with Gasteiger partial charge in [-0.25, -0.2) is 0 Å². The summed E-state index contributed by atoms with van der Waals surface area (Å²) in [5, 5.41) is 6.27. The Bertz CT molecular complexity index is 821. The van der Waals surface area contributed by atoms with Crippen molar-refractivity contribution in [1.82, 2.24) is 15.3 Å². The van der Waals surface area contributed by atoms with E-state index in [9.17, 15) is 4.79 Å². The topological polar surface area (TPSA) is 66.9 Å². The maximum Gasteiger partial charge on any atom is 0.253 e. The highest BCUT2D eigenvalue weighted by atomic mass is 16.1. The van der Waals surface area contributed by atoms with Gasteiger partial charge in [-0.2, -0.15) is 0 Å². The highest BCUT2D eigenvalue weighted by molar-refractivity contribution is 5.94. The minimum atomic E-state index is -0.142. The molecule has 5 nitrogen and oxygen atoms in total. The molecule has 0 saturated heterocycles. The normalized spacial score (nSPS) is 11.6. The van der Waals surface area contributed by atoms with Gasteiger partial charge in [-0.3, -0.25) is 14.8 Å². The lowest BCUT2D eigenvalue weighted by molar-refractivity contribution is 0.0939. The van der Waals surface area contributed by atoms with Crippen molar-refractivity contribution in [2.75, 3.05) is 5.32 Å². The summed E-state index contributed by atoms with van der Waals surface area (Å²) in [4.78, 5) is 20.6.